The third kappa shape index (κ3) is 6.49. The van der Waals surface area contributed by atoms with Crippen molar-refractivity contribution >= 4 is 53.3 Å². The van der Waals surface area contributed by atoms with Crippen molar-refractivity contribution in [1.29, 1.82) is 0 Å². The first-order valence-corrected chi connectivity index (χ1v) is 20.3. The minimum atomic E-state index is -2.99. The standard InChI is InChI=1S/C36H43BrN4O6Si/c1-24-34(48(2,3)46)31(20-32(43)39(17-18-42)22-25-7-5-4-6-8-25)47-36(24)29-19-27(37)11-14-30(29)41(35(36)45)23-26-9-12-28(13-10-26)40-16-15-38-21-33(40)44/h4-14,19,24,31,34,38,42,46H,15-18,20-23H2,1-3H3/t24-,31+,34-,36+/m0/s1. The summed E-state index contributed by atoms with van der Waals surface area (Å²) in [5.41, 5.74) is 2.29. The summed E-state index contributed by atoms with van der Waals surface area (Å²) in [4.78, 5) is 57.9. The number of hydrogen-bond donors (Lipinski definition) is 3. The van der Waals surface area contributed by atoms with Crippen LogP contribution in [-0.4, -0.2) is 79.7 Å². The summed E-state index contributed by atoms with van der Waals surface area (Å²) in [7, 11) is -2.99. The Kier molecular flexibility index (Phi) is 9.94. The van der Waals surface area contributed by atoms with Crippen molar-refractivity contribution in [3.8, 4) is 0 Å². The van der Waals surface area contributed by atoms with Crippen molar-refractivity contribution in [3.63, 3.8) is 0 Å². The van der Waals surface area contributed by atoms with Crippen molar-refractivity contribution in [2.75, 3.05) is 42.6 Å². The average Bonchev–Trinajstić information content (AvgIpc) is 3.48. The number of rotatable bonds is 10. The second-order valence-corrected chi connectivity index (χ2v) is 18.4. The second-order valence-electron chi connectivity index (χ2n) is 13.5. The molecular formula is C36H43BrN4O6Si. The minimum Gasteiger partial charge on any atom is -0.432 e. The van der Waals surface area contributed by atoms with Crippen molar-refractivity contribution in [1.82, 2.24) is 10.2 Å². The van der Waals surface area contributed by atoms with E-state index in [0.717, 1.165) is 33.5 Å². The molecule has 3 N–H and O–H groups in total. The van der Waals surface area contributed by atoms with Crippen LogP contribution in [-0.2, 0) is 37.8 Å². The lowest BCUT2D eigenvalue weighted by Crippen LogP contribution is -2.48. The lowest BCUT2D eigenvalue weighted by atomic mass is 9.82. The van der Waals surface area contributed by atoms with Crippen LogP contribution in [0.5, 0.6) is 0 Å². The first-order chi connectivity index (χ1) is 22.9. The monoisotopic (exact) mass is 734 g/mol. The quantitative estimate of drug-likeness (QED) is 0.268. The third-order valence-corrected chi connectivity index (χ3v) is 12.9. The molecule has 3 aromatic rings. The van der Waals surface area contributed by atoms with Gasteiger partial charge in [-0.2, -0.15) is 0 Å². The Morgan fingerprint density at radius 1 is 1.08 bits per heavy atom. The summed E-state index contributed by atoms with van der Waals surface area (Å²) in [6, 6.07) is 23.0. The molecule has 0 aromatic heterocycles. The lowest BCUT2D eigenvalue weighted by Gasteiger charge is -2.32. The molecular weight excluding hydrogens is 692 g/mol. The highest BCUT2D eigenvalue weighted by molar-refractivity contribution is 9.10. The summed E-state index contributed by atoms with van der Waals surface area (Å²) in [6.07, 6.45) is -0.730. The smallest absolute Gasteiger partial charge is 0.264 e. The topological polar surface area (TPSA) is 123 Å². The molecule has 0 saturated carbocycles. The van der Waals surface area contributed by atoms with Crippen LogP contribution in [0.4, 0.5) is 11.4 Å². The number of aliphatic hydroxyl groups excluding tert-OH is 1. The molecule has 0 aliphatic carbocycles. The third-order valence-electron chi connectivity index (χ3n) is 9.94. The van der Waals surface area contributed by atoms with Crippen LogP contribution < -0.4 is 15.1 Å². The van der Waals surface area contributed by atoms with Crippen molar-refractivity contribution in [2.24, 2.45) is 5.92 Å². The maximum Gasteiger partial charge on any atom is 0.264 e. The number of aliphatic hydroxyl groups is 1. The van der Waals surface area contributed by atoms with Gasteiger partial charge in [0.25, 0.3) is 5.91 Å². The van der Waals surface area contributed by atoms with Crippen molar-refractivity contribution < 1.29 is 29.0 Å². The molecule has 0 radical (unpaired) electrons. The fraction of sp³-hybridized carbons (Fsp3) is 0.417. The molecule has 0 unspecified atom stereocenters. The van der Waals surface area contributed by atoms with E-state index in [2.05, 4.69) is 21.2 Å². The summed E-state index contributed by atoms with van der Waals surface area (Å²) in [5.74, 6) is -0.826. The number of anilines is 2. The summed E-state index contributed by atoms with van der Waals surface area (Å²) in [5, 5.41) is 12.9. The van der Waals surface area contributed by atoms with Crippen LogP contribution in [0.2, 0.25) is 18.6 Å². The maximum absolute atomic E-state index is 14.8. The molecule has 3 amide bonds. The number of piperazine rings is 1. The van der Waals surface area contributed by atoms with Crippen LogP contribution in [0.15, 0.2) is 77.3 Å². The van der Waals surface area contributed by atoms with Gasteiger partial charge < -0.3 is 34.7 Å². The number of hydrogen-bond acceptors (Lipinski definition) is 7. The number of amides is 3. The summed E-state index contributed by atoms with van der Waals surface area (Å²) < 4.78 is 7.68. The normalized spacial score (nSPS) is 24.0. The summed E-state index contributed by atoms with van der Waals surface area (Å²) >= 11 is 3.60. The van der Waals surface area contributed by atoms with Crippen LogP contribution in [0.1, 0.15) is 30.0 Å². The Balaban J connectivity index is 1.30. The number of benzene rings is 3. The van der Waals surface area contributed by atoms with Gasteiger partial charge in [-0.25, -0.2) is 0 Å². The first kappa shape index (κ1) is 34.5. The predicted molar refractivity (Wildman–Crippen MR) is 190 cm³/mol. The first-order valence-electron chi connectivity index (χ1n) is 16.5. The van der Waals surface area contributed by atoms with Gasteiger partial charge in [-0.3, -0.25) is 14.4 Å². The van der Waals surface area contributed by atoms with E-state index >= 15 is 0 Å². The largest absolute Gasteiger partial charge is 0.432 e. The highest BCUT2D eigenvalue weighted by atomic mass is 79.9. The van der Waals surface area contributed by atoms with E-state index in [1.807, 2.05) is 92.8 Å². The second kappa shape index (κ2) is 13.8. The number of nitrogens with one attached hydrogen (secondary N) is 1. The number of ether oxygens (including phenoxy) is 1. The molecule has 254 valence electrons. The Morgan fingerprint density at radius 2 is 1.81 bits per heavy atom. The SMILES string of the molecule is C[C@H]1[C@H]([Si](C)(C)O)[C@@H](CC(=O)N(CCO)Cc2ccccc2)O[C@]12C(=O)N(Cc1ccc(N3CCNCC3=O)cc1)c1ccc(Br)cc12. The molecule has 2 fully saturated rings. The number of nitrogens with zero attached hydrogens (tertiary/aromatic N) is 3. The number of carbonyl (C=O) groups excluding carboxylic acids is 3. The molecule has 0 bridgehead atoms. The highest BCUT2D eigenvalue weighted by Crippen LogP contribution is 2.60. The van der Waals surface area contributed by atoms with Gasteiger partial charge in [-0.05, 0) is 54.6 Å². The van der Waals surface area contributed by atoms with Gasteiger partial charge >= 0.3 is 0 Å². The fourth-order valence-corrected chi connectivity index (χ4v) is 10.7. The Hall–Kier alpha value is -3.39. The Morgan fingerprint density at radius 3 is 2.48 bits per heavy atom. The van der Waals surface area contributed by atoms with E-state index < -0.39 is 31.5 Å². The Bertz CT molecular complexity index is 1670. The predicted octanol–water partition coefficient (Wildman–Crippen LogP) is 4.14. The van der Waals surface area contributed by atoms with Gasteiger partial charge in [-0.1, -0.05) is 65.3 Å². The molecule has 10 nitrogen and oxygen atoms in total. The zero-order chi connectivity index (χ0) is 34.2. The van der Waals surface area contributed by atoms with Gasteiger partial charge in [0, 0.05) is 53.4 Å². The molecule has 3 aliphatic rings. The van der Waals surface area contributed by atoms with Crippen molar-refractivity contribution in [2.45, 2.75) is 56.8 Å². The molecule has 2 saturated heterocycles. The Labute approximate surface area is 290 Å². The highest BCUT2D eigenvalue weighted by Gasteiger charge is 2.66. The van der Waals surface area contributed by atoms with E-state index in [1.165, 1.54) is 0 Å². The zero-order valence-corrected chi connectivity index (χ0v) is 30.2. The molecule has 48 heavy (non-hydrogen) atoms. The number of fused-ring (bicyclic) bond motifs is 2. The molecule has 1 spiro atoms. The molecule has 3 heterocycles. The summed E-state index contributed by atoms with van der Waals surface area (Å²) in [6.45, 7) is 7.88. The zero-order valence-electron chi connectivity index (χ0n) is 27.6. The van der Waals surface area contributed by atoms with Gasteiger partial charge in [-0.15, -0.1) is 0 Å². The van der Waals surface area contributed by atoms with Crippen molar-refractivity contribution in [3.05, 3.63) is 94.0 Å². The van der Waals surface area contributed by atoms with Crippen LogP contribution in [0.3, 0.4) is 0 Å². The molecule has 3 aliphatic heterocycles. The van der Waals surface area contributed by atoms with Gasteiger partial charge in [0.05, 0.1) is 37.9 Å². The van der Waals surface area contributed by atoms with Gasteiger partial charge in [0.2, 0.25) is 11.8 Å². The van der Waals surface area contributed by atoms with Crippen LogP contribution in [0, 0.1) is 5.92 Å². The van der Waals surface area contributed by atoms with E-state index in [-0.39, 0.29) is 43.8 Å². The maximum atomic E-state index is 14.8. The van der Waals surface area contributed by atoms with E-state index in [9.17, 15) is 24.3 Å². The minimum absolute atomic E-state index is 0.0232. The number of carbonyl (C=O) groups is 3. The average molecular weight is 736 g/mol. The van der Waals surface area contributed by atoms with Gasteiger partial charge in [0.1, 0.15) is 0 Å². The fourth-order valence-electron chi connectivity index (χ4n) is 7.77. The number of halogens is 1. The molecule has 4 atom stereocenters. The van der Waals surface area contributed by atoms with Gasteiger partial charge in [0.15, 0.2) is 13.9 Å². The molecule has 12 heteroatoms. The van der Waals surface area contributed by atoms with Crippen LogP contribution >= 0.6 is 15.9 Å². The lowest BCUT2D eigenvalue weighted by molar-refractivity contribution is -0.150. The van der Waals surface area contributed by atoms with E-state index in [0.29, 0.717) is 25.2 Å². The molecule has 3 aromatic carbocycles. The van der Waals surface area contributed by atoms with E-state index in [4.69, 9.17) is 4.74 Å². The van der Waals surface area contributed by atoms with E-state index in [1.54, 1.807) is 14.7 Å². The molecule has 6 rings (SSSR count). The van der Waals surface area contributed by atoms with Crippen LogP contribution in [0.25, 0.3) is 0 Å².